The number of aliphatic carboxylic acids is 1. The summed E-state index contributed by atoms with van der Waals surface area (Å²) in [6.45, 7) is 1.64. The van der Waals surface area contributed by atoms with Crippen LogP contribution in [-0.2, 0) is 16.0 Å². The second-order valence-corrected chi connectivity index (χ2v) is 6.86. The zero-order valence-corrected chi connectivity index (χ0v) is 15.7. The van der Waals surface area contributed by atoms with E-state index < -0.39 is 17.6 Å². The number of ether oxygens (including phenoxy) is 1. The van der Waals surface area contributed by atoms with Gasteiger partial charge >= 0.3 is 5.97 Å². The Morgan fingerprint density at radius 2 is 2.04 bits per heavy atom. The first kappa shape index (κ1) is 20.1. The second kappa shape index (κ2) is 9.05. The number of halogens is 2. The molecule has 150 valence electrons. The van der Waals surface area contributed by atoms with Gasteiger partial charge < -0.3 is 14.7 Å². The largest absolute Gasteiger partial charge is 0.481 e. The fourth-order valence-corrected chi connectivity index (χ4v) is 3.34. The molecule has 2 aromatic rings. The first-order valence-corrected chi connectivity index (χ1v) is 9.27. The highest BCUT2D eigenvalue weighted by Crippen LogP contribution is 2.31. The van der Waals surface area contributed by atoms with Gasteiger partial charge in [0.15, 0.2) is 17.5 Å². The number of carboxylic acids is 1. The number of nitrogens with zero attached hydrogens (tertiary/aromatic N) is 3. The molecule has 2 heterocycles. The van der Waals surface area contributed by atoms with Crippen LogP contribution in [0.5, 0.6) is 0 Å². The highest BCUT2D eigenvalue weighted by molar-refractivity contribution is 5.73. The molecule has 1 saturated heterocycles. The van der Waals surface area contributed by atoms with Gasteiger partial charge in [-0.25, -0.2) is 13.8 Å². The van der Waals surface area contributed by atoms with Gasteiger partial charge in [0.2, 0.25) is 0 Å². The van der Waals surface area contributed by atoms with Gasteiger partial charge in [-0.3, -0.25) is 9.78 Å². The summed E-state index contributed by atoms with van der Waals surface area (Å²) >= 11 is 0. The van der Waals surface area contributed by atoms with Crippen LogP contribution in [0, 0.1) is 17.6 Å². The molecule has 1 aromatic heterocycles. The summed E-state index contributed by atoms with van der Waals surface area (Å²) < 4.78 is 32.2. The van der Waals surface area contributed by atoms with Crippen molar-refractivity contribution in [2.75, 3.05) is 31.7 Å². The van der Waals surface area contributed by atoms with Gasteiger partial charge in [-0.05, 0) is 43.9 Å². The molecule has 0 radical (unpaired) electrons. The quantitative estimate of drug-likeness (QED) is 0.730. The van der Waals surface area contributed by atoms with Crippen molar-refractivity contribution in [2.24, 2.45) is 5.92 Å². The van der Waals surface area contributed by atoms with E-state index >= 15 is 0 Å². The van der Waals surface area contributed by atoms with E-state index in [0.717, 1.165) is 24.2 Å². The maximum absolute atomic E-state index is 13.7. The Kier molecular flexibility index (Phi) is 6.51. The Bertz CT molecular complexity index is 839. The first-order valence-electron chi connectivity index (χ1n) is 9.27. The van der Waals surface area contributed by atoms with Crippen molar-refractivity contribution < 1.29 is 23.4 Å². The summed E-state index contributed by atoms with van der Waals surface area (Å²) in [5, 5.41) is 9.21. The minimum Gasteiger partial charge on any atom is -0.481 e. The van der Waals surface area contributed by atoms with Crippen LogP contribution in [0.25, 0.3) is 11.3 Å². The van der Waals surface area contributed by atoms with Crippen molar-refractivity contribution in [1.82, 2.24) is 9.97 Å². The number of rotatable bonds is 7. The molecule has 0 amide bonds. The Labute approximate surface area is 162 Å². The van der Waals surface area contributed by atoms with Crippen LogP contribution in [-0.4, -0.2) is 47.8 Å². The van der Waals surface area contributed by atoms with Crippen LogP contribution in [0.4, 0.5) is 14.6 Å². The molecule has 3 rings (SSSR count). The number of methoxy groups -OCH3 is 1. The van der Waals surface area contributed by atoms with Crippen LogP contribution >= 0.6 is 0 Å². The van der Waals surface area contributed by atoms with Crippen LogP contribution in [0.2, 0.25) is 0 Å². The molecular formula is C20H23F2N3O3. The summed E-state index contributed by atoms with van der Waals surface area (Å²) in [4.78, 5) is 22.4. The van der Waals surface area contributed by atoms with E-state index in [-0.39, 0.29) is 5.92 Å². The summed E-state index contributed by atoms with van der Waals surface area (Å²) in [6, 6.07) is 3.65. The molecule has 8 heteroatoms. The molecule has 1 aromatic carbocycles. The second-order valence-electron chi connectivity index (χ2n) is 6.86. The molecule has 0 spiro atoms. The predicted octanol–water partition coefficient (Wildman–Crippen LogP) is 3.30. The average molecular weight is 391 g/mol. The van der Waals surface area contributed by atoms with Gasteiger partial charge in [0.25, 0.3) is 0 Å². The standard InChI is InChI=1S/C20H23F2N3O3/c1-28-10-2-3-15-12-23-18(14-4-5-16(21)17(22)11-14)19(24-15)25-8-6-13(7-9-25)20(26)27/h4-5,11-13H,2-3,6-10H2,1H3,(H,26,27). The van der Waals surface area contributed by atoms with E-state index in [4.69, 9.17) is 9.72 Å². The Morgan fingerprint density at radius 1 is 1.29 bits per heavy atom. The zero-order chi connectivity index (χ0) is 20.1. The van der Waals surface area contributed by atoms with Crippen LogP contribution < -0.4 is 4.90 Å². The Balaban J connectivity index is 1.92. The lowest BCUT2D eigenvalue weighted by atomic mass is 9.97. The van der Waals surface area contributed by atoms with Gasteiger partial charge in [0, 0.05) is 38.6 Å². The van der Waals surface area contributed by atoms with Crippen molar-refractivity contribution in [3.63, 3.8) is 0 Å². The van der Waals surface area contributed by atoms with Crippen LogP contribution in [0.1, 0.15) is 25.0 Å². The highest BCUT2D eigenvalue weighted by Gasteiger charge is 2.27. The third-order valence-electron chi connectivity index (χ3n) is 4.92. The summed E-state index contributed by atoms with van der Waals surface area (Å²) in [6.07, 6.45) is 4.11. The Morgan fingerprint density at radius 3 is 2.68 bits per heavy atom. The minimum atomic E-state index is -0.945. The van der Waals surface area contributed by atoms with Crippen molar-refractivity contribution >= 4 is 11.8 Å². The van der Waals surface area contributed by atoms with Gasteiger partial charge in [-0.2, -0.15) is 0 Å². The van der Waals surface area contributed by atoms with Crippen molar-refractivity contribution in [1.29, 1.82) is 0 Å². The summed E-state index contributed by atoms with van der Waals surface area (Å²) in [5.74, 6) is -2.46. The number of carbonyl (C=O) groups is 1. The molecule has 1 fully saturated rings. The molecule has 0 aliphatic carbocycles. The molecule has 1 N–H and O–H groups in total. The smallest absolute Gasteiger partial charge is 0.306 e. The topological polar surface area (TPSA) is 75.5 Å². The van der Waals surface area contributed by atoms with E-state index in [1.807, 2.05) is 4.90 Å². The first-order chi connectivity index (χ1) is 13.5. The van der Waals surface area contributed by atoms with E-state index in [9.17, 15) is 18.7 Å². The number of aromatic nitrogens is 2. The lowest BCUT2D eigenvalue weighted by Gasteiger charge is -2.32. The number of hydrogen-bond donors (Lipinski definition) is 1. The lowest BCUT2D eigenvalue weighted by molar-refractivity contribution is -0.142. The minimum absolute atomic E-state index is 0.374. The third kappa shape index (κ3) is 4.62. The van der Waals surface area contributed by atoms with Crippen LogP contribution in [0.15, 0.2) is 24.4 Å². The van der Waals surface area contributed by atoms with E-state index in [1.165, 1.54) is 6.07 Å². The van der Waals surface area contributed by atoms with Crippen molar-refractivity contribution in [2.45, 2.75) is 25.7 Å². The molecular weight excluding hydrogens is 368 g/mol. The zero-order valence-electron chi connectivity index (χ0n) is 15.7. The predicted molar refractivity (Wildman–Crippen MR) is 100 cm³/mol. The number of piperidine rings is 1. The maximum atomic E-state index is 13.7. The molecule has 1 aliphatic heterocycles. The van der Waals surface area contributed by atoms with E-state index in [0.29, 0.717) is 56.0 Å². The molecule has 6 nitrogen and oxygen atoms in total. The third-order valence-corrected chi connectivity index (χ3v) is 4.92. The number of hydrogen-bond acceptors (Lipinski definition) is 5. The van der Waals surface area contributed by atoms with Crippen molar-refractivity contribution in [3.8, 4) is 11.3 Å². The van der Waals surface area contributed by atoms with Gasteiger partial charge in [-0.1, -0.05) is 0 Å². The molecule has 0 saturated carbocycles. The SMILES string of the molecule is COCCCc1cnc(-c2ccc(F)c(F)c2)c(N2CCC(C(=O)O)CC2)n1. The number of benzene rings is 1. The van der Waals surface area contributed by atoms with Crippen LogP contribution in [0.3, 0.4) is 0 Å². The number of carboxylic acid groups (broad SMARTS) is 1. The van der Waals surface area contributed by atoms with E-state index in [1.54, 1.807) is 13.3 Å². The van der Waals surface area contributed by atoms with Gasteiger partial charge in [-0.15, -0.1) is 0 Å². The fraction of sp³-hybridized carbons (Fsp3) is 0.450. The van der Waals surface area contributed by atoms with E-state index in [2.05, 4.69) is 4.98 Å². The lowest BCUT2D eigenvalue weighted by Crippen LogP contribution is -2.37. The molecule has 0 atom stereocenters. The normalized spacial score (nSPS) is 15.0. The monoisotopic (exact) mass is 391 g/mol. The molecule has 28 heavy (non-hydrogen) atoms. The van der Waals surface area contributed by atoms with Gasteiger partial charge in [0.1, 0.15) is 5.69 Å². The number of anilines is 1. The van der Waals surface area contributed by atoms with Crippen molar-refractivity contribution in [3.05, 3.63) is 41.7 Å². The number of aryl methyl sites for hydroxylation is 1. The summed E-state index contributed by atoms with van der Waals surface area (Å²) in [7, 11) is 1.63. The average Bonchev–Trinajstić information content (AvgIpc) is 2.70. The molecule has 1 aliphatic rings. The molecule has 0 bridgehead atoms. The fourth-order valence-electron chi connectivity index (χ4n) is 3.34. The molecule has 0 unspecified atom stereocenters. The Hall–Kier alpha value is -2.61. The summed E-state index contributed by atoms with van der Waals surface area (Å²) in [5.41, 5.74) is 1.67. The highest BCUT2D eigenvalue weighted by atomic mass is 19.2. The maximum Gasteiger partial charge on any atom is 0.306 e. The van der Waals surface area contributed by atoms with Gasteiger partial charge in [0.05, 0.1) is 11.6 Å².